The Bertz CT molecular complexity index is 1570. The largest absolute Gasteiger partial charge is 0.506 e. The Morgan fingerprint density at radius 2 is 1.78 bits per heavy atom. The summed E-state index contributed by atoms with van der Waals surface area (Å²) in [6.07, 6.45) is 7.40. The summed E-state index contributed by atoms with van der Waals surface area (Å²) >= 11 is -0.757. The van der Waals surface area contributed by atoms with Gasteiger partial charge in [-0.15, -0.1) is 0 Å². The highest BCUT2D eigenvalue weighted by Gasteiger charge is 2.41. The lowest BCUT2D eigenvalue weighted by molar-refractivity contribution is -0.126. The highest BCUT2D eigenvalue weighted by atomic mass is 32.2. The number of halogens is 4. The fourth-order valence-corrected chi connectivity index (χ4v) is 6.27. The number of aromatic hydroxyl groups is 1. The molecular weight excluding hydrogens is 658 g/mol. The first-order valence-electron chi connectivity index (χ1n) is 16.5. The number of nitrogens with zero attached hydrogens (tertiary/aromatic N) is 4. The van der Waals surface area contributed by atoms with Gasteiger partial charge in [-0.05, 0) is 60.1 Å². The molecule has 1 aliphatic carbocycles. The fourth-order valence-electron chi connectivity index (χ4n) is 5.75. The van der Waals surface area contributed by atoms with E-state index in [0.717, 1.165) is 30.3 Å². The number of fused-ring (bicyclic) bond motifs is 1. The first kappa shape index (κ1) is 39.4. The molecule has 3 aliphatic rings. The van der Waals surface area contributed by atoms with Crippen molar-refractivity contribution in [3.63, 3.8) is 0 Å². The number of hydrogen-bond donors (Lipinski definition) is 2. The van der Waals surface area contributed by atoms with E-state index in [2.05, 4.69) is 45.8 Å². The van der Waals surface area contributed by atoms with Gasteiger partial charge in [-0.1, -0.05) is 59.8 Å². The van der Waals surface area contributed by atoms with Gasteiger partial charge in [0.15, 0.2) is 5.82 Å². The van der Waals surface area contributed by atoms with Crippen LogP contribution in [0.15, 0.2) is 65.5 Å². The zero-order valence-electron chi connectivity index (χ0n) is 28.9. The Labute approximate surface area is 290 Å². The van der Waals surface area contributed by atoms with E-state index in [0.29, 0.717) is 42.1 Å². The van der Waals surface area contributed by atoms with Crippen LogP contribution in [0.3, 0.4) is 0 Å². The molecule has 5 rings (SSSR count). The fraction of sp³-hybridized carbons (Fsp3) is 0.472. The van der Waals surface area contributed by atoms with Crippen molar-refractivity contribution < 1.29 is 32.3 Å². The Balaban J connectivity index is 0.00000101. The normalized spacial score (nSPS) is 17.6. The molecule has 8 nitrogen and oxygen atoms in total. The number of nitrogen functional groups attached to an aromatic ring is 1. The SMILES string of the molecule is C=CC(=O)N1CCC(=C)C2=C(N(C)c3ccc(C4CC4)cc3O)CCN(C(=O)c3cnc(SC(F)(F)F)c(F)c3N)C2C1.CCC.CCC. The van der Waals surface area contributed by atoms with E-state index in [1.165, 1.54) is 28.7 Å². The number of anilines is 2. The van der Waals surface area contributed by atoms with Crippen LogP contribution in [-0.4, -0.2) is 69.9 Å². The summed E-state index contributed by atoms with van der Waals surface area (Å²) < 4.78 is 53.5. The summed E-state index contributed by atoms with van der Waals surface area (Å²) in [6, 6.07) is 4.85. The van der Waals surface area contributed by atoms with E-state index in [1.54, 1.807) is 6.07 Å². The summed E-state index contributed by atoms with van der Waals surface area (Å²) in [5.74, 6) is -1.96. The minimum absolute atomic E-state index is 0.0622. The zero-order valence-corrected chi connectivity index (χ0v) is 29.7. The van der Waals surface area contributed by atoms with Crippen molar-refractivity contribution in [1.82, 2.24) is 14.8 Å². The molecule has 0 radical (unpaired) electrons. The molecule has 3 N–H and O–H groups in total. The van der Waals surface area contributed by atoms with Gasteiger partial charge in [-0.3, -0.25) is 9.59 Å². The van der Waals surface area contributed by atoms with Crippen LogP contribution in [0.2, 0.25) is 0 Å². The topological polar surface area (TPSA) is 103 Å². The molecule has 49 heavy (non-hydrogen) atoms. The molecule has 1 aromatic heterocycles. The van der Waals surface area contributed by atoms with Crippen molar-refractivity contribution in [2.24, 2.45) is 0 Å². The standard InChI is InChI=1S/C30H31F4N5O3S.2C3H8/c1-4-24(41)38-11-9-16(2)25-21(37(3)20-8-7-18(13-23(20)40)17-5-6-17)10-12-39(22(25)15-38)29(42)19-14-36-28(26(31)27(19)35)43-30(32,33)34;2*1-3-2/h4,7-8,13-14,17,22,40H,1-2,5-6,9-12,15H2,3H3,(H2,35,36);2*3H2,1-2H3. The van der Waals surface area contributed by atoms with Gasteiger partial charge >= 0.3 is 5.51 Å². The predicted octanol–water partition coefficient (Wildman–Crippen LogP) is 8.41. The molecule has 2 aliphatic heterocycles. The van der Waals surface area contributed by atoms with E-state index in [9.17, 15) is 32.3 Å². The van der Waals surface area contributed by atoms with E-state index < -0.39 is 45.7 Å². The predicted molar refractivity (Wildman–Crippen MR) is 188 cm³/mol. The van der Waals surface area contributed by atoms with Gasteiger partial charge in [-0.2, -0.15) is 13.2 Å². The molecule has 2 aromatic rings. The maximum absolute atomic E-state index is 14.9. The molecular formula is C36H47F4N5O3S. The number of hydrogen-bond acceptors (Lipinski definition) is 7. The third-order valence-electron chi connectivity index (χ3n) is 8.10. The molecule has 268 valence electrons. The van der Waals surface area contributed by atoms with Crippen molar-refractivity contribution in [2.75, 3.05) is 37.3 Å². The van der Waals surface area contributed by atoms with Gasteiger partial charge in [0, 0.05) is 56.8 Å². The Kier molecular flexibility index (Phi) is 13.8. The molecule has 1 aromatic carbocycles. The van der Waals surface area contributed by atoms with E-state index in [1.807, 2.05) is 24.1 Å². The number of phenolic OH excluding ortho intramolecular Hbond substituents is 1. The Morgan fingerprint density at radius 3 is 2.33 bits per heavy atom. The third kappa shape index (κ3) is 9.58. The highest BCUT2D eigenvalue weighted by Crippen LogP contribution is 2.45. The minimum Gasteiger partial charge on any atom is -0.506 e. The maximum atomic E-state index is 14.9. The van der Waals surface area contributed by atoms with E-state index in [4.69, 9.17) is 5.73 Å². The van der Waals surface area contributed by atoms with Gasteiger partial charge in [0.1, 0.15) is 10.8 Å². The number of rotatable bonds is 6. The lowest BCUT2D eigenvalue weighted by Crippen LogP contribution is -2.52. The van der Waals surface area contributed by atoms with Crippen LogP contribution >= 0.6 is 11.8 Å². The van der Waals surface area contributed by atoms with Gasteiger partial charge in [-0.25, -0.2) is 9.37 Å². The number of aromatic nitrogens is 1. The number of pyridine rings is 1. The highest BCUT2D eigenvalue weighted by molar-refractivity contribution is 8.00. The number of nitrogens with two attached hydrogens (primary N) is 1. The van der Waals surface area contributed by atoms with Crippen LogP contribution in [0, 0.1) is 5.82 Å². The molecule has 2 fully saturated rings. The molecule has 1 saturated carbocycles. The second-order valence-corrected chi connectivity index (χ2v) is 13.3. The maximum Gasteiger partial charge on any atom is 0.447 e. The van der Waals surface area contributed by atoms with E-state index in [-0.39, 0.29) is 30.3 Å². The van der Waals surface area contributed by atoms with Gasteiger partial charge in [0.25, 0.3) is 5.91 Å². The third-order valence-corrected chi connectivity index (χ3v) is 8.81. The summed E-state index contributed by atoms with van der Waals surface area (Å²) in [5.41, 5.74) is 3.71. The number of carbonyl (C=O) groups excluding carboxylic acids is 2. The molecule has 1 saturated heterocycles. The van der Waals surface area contributed by atoms with E-state index >= 15 is 0 Å². The number of likely N-dealkylation sites (tertiary alicyclic amines) is 1. The zero-order chi connectivity index (χ0) is 36.6. The lowest BCUT2D eigenvalue weighted by atomic mass is 9.89. The van der Waals surface area contributed by atoms with Crippen LogP contribution < -0.4 is 10.6 Å². The molecule has 0 bridgehead atoms. The average Bonchev–Trinajstić information content (AvgIpc) is 3.91. The Morgan fingerprint density at radius 1 is 1.14 bits per heavy atom. The Hall–Kier alpha value is -4.00. The smallest absolute Gasteiger partial charge is 0.447 e. The molecule has 3 heterocycles. The molecule has 1 unspecified atom stereocenters. The molecule has 2 amide bonds. The summed E-state index contributed by atoms with van der Waals surface area (Å²) in [7, 11) is 1.81. The van der Waals surface area contributed by atoms with Crippen LogP contribution in [0.25, 0.3) is 0 Å². The summed E-state index contributed by atoms with van der Waals surface area (Å²) in [6.45, 7) is 16.8. The molecule has 13 heteroatoms. The van der Waals surface area contributed by atoms with Crippen molar-refractivity contribution in [3.8, 4) is 5.75 Å². The first-order chi connectivity index (χ1) is 23.1. The molecule has 0 spiro atoms. The number of thioether (sulfide) groups is 1. The van der Waals surface area contributed by atoms with Crippen LogP contribution in [-0.2, 0) is 4.79 Å². The van der Waals surface area contributed by atoms with Crippen LogP contribution in [0.5, 0.6) is 5.75 Å². The number of benzene rings is 1. The number of amides is 2. The van der Waals surface area contributed by atoms with Crippen molar-refractivity contribution in [1.29, 1.82) is 0 Å². The minimum atomic E-state index is -4.80. The van der Waals surface area contributed by atoms with Gasteiger partial charge in [0.2, 0.25) is 5.91 Å². The number of phenols is 1. The van der Waals surface area contributed by atoms with Crippen molar-refractivity contribution in [3.05, 3.63) is 77.4 Å². The monoisotopic (exact) mass is 705 g/mol. The molecule has 1 atom stereocenters. The van der Waals surface area contributed by atoms with Crippen LogP contribution in [0.4, 0.5) is 28.9 Å². The van der Waals surface area contributed by atoms with Gasteiger partial charge < -0.3 is 25.5 Å². The van der Waals surface area contributed by atoms with Crippen molar-refractivity contribution >= 4 is 35.0 Å². The second-order valence-electron chi connectivity index (χ2n) is 12.2. The first-order valence-corrected chi connectivity index (χ1v) is 17.3. The number of carbonyl (C=O) groups is 2. The van der Waals surface area contributed by atoms with Gasteiger partial charge in [0.05, 0.1) is 23.0 Å². The summed E-state index contributed by atoms with van der Waals surface area (Å²) in [5, 5.41) is 9.94. The quantitative estimate of drug-likeness (QED) is 0.177. The summed E-state index contributed by atoms with van der Waals surface area (Å²) in [4.78, 5) is 34.9. The number of alkyl halides is 3. The van der Waals surface area contributed by atoms with Crippen molar-refractivity contribution in [2.45, 2.75) is 88.7 Å². The average molecular weight is 706 g/mol. The lowest BCUT2D eigenvalue weighted by Gasteiger charge is -2.42. The van der Waals surface area contributed by atoms with Crippen LogP contribution in [0.1, 0.15) is 88.1 Å². The second kappa shape index (κ2) is 17.1.